The lowest BCUT2D eigenvalue weighted by atomic mass is 9.81. The van der Waals surface area contributed by atoms with Gasteiger partial charge >= 0.3 is 12.1 Å². The Kier molecular flexibility index (Phi) is 6.97. The van der Waals surface area contributed by atoms with Crippen LogP contribution in [-0.4, -0.2) is 29.1 Å². The van der Waals surface area contributed by atoms with E-state index < -0.39 is 17.7 Å². The SMILES string of the molecule is CC1(C)CCCN(C(c2ccc(F)cc2)c2cc3cccc(C(=O)O)c3cc2-c2ccc(C(F)(F)F)cc2)C1. The molecule has 1 fully saturated rings. The molecular formula is C32H29F4NO2. The van der Waals surface area contributed by atoms with Crippen molar-refractivity contribution in [2.75, 3.05) is 13.1 Å². The minimum absolute atomic E-state index is 0.0401. The van der Waals surface area contributed by atoms with E-state index in [1.54, 1.807) is 24.3 Å². The van der Waals surface area contributed by atoms with Gasteiger partial charge in [-0.15, -0.1) is 0 Å². The number of hydrogen-bond acceptors (Lipinski definition) is 2. The first kappa shape index (κ1) is 26.9. The highest BCUT2D eigenvalue weighted by molar-refractivity contribution is 6.05. The van der Waals surface area contributed by atoms with Gasteiger partial charge in [-0.2, -0.15) is 13.2 Å². The molecule has 1 aliphatic rings. The summed E-state index contributed by atoms with van der Waals surface area (Å²) in [4.78, 5) is 14.4. The van der Waals surface area contributed by atoms with Gasteiger partial charge in [0.1, 0.15) is 5.82 Å². The third kappa shape index (κ3) is 5.55. The van der Waals surface area contributed by atoms with Crippen LogP contribution in [0.5, 0.6) is 0 Å². The molecule has 1 unspecified atom stereocenters. The van der Waals surface area contributed by atoms with Gasteiger partial charge in [0.25, 0.3) is 0 Å². The molecule has 4 aromatic rings. The predicted octanol–water partition coefficient (Wildman–Crippen LogP) is 8.57. The first-order chi connectivity index (χ1) is 18.4. The number of piperidine rings is 1. The molecule has 0 amide bonds. The molecule has 1 aliphatic heterocycles. The van der Waals surface area contributed by atoms with Gasteiger partial charge in [0.2, 0.25) is 0 Å². The van der Waals surface area contributed by atoms with E-state index in [4.69, 9.17) is 0 Å². The van der Waals surface area contributed by atoms with E-state index in [1.165, 1.54) is 30.3 Å². The fourth-order valence-electron chi connectivity index (χ4n) is 5.77. The predicted molar refractivity (Wildman–Crippen MR) is 144 cm³/mol. The number of carboxylic acids is 1. The van der Waals surface area contributed by atoms with Crippen LogP contribution in [0.25, 0.3) is 21.9 Å². The molecule has 0 aromatic heterocycles. The summed E-state index contributed by atoms with van der Waals surface area (Å²) in [6, 6.07) is 19.7. The summed E-state index contributed by atoms with van der Waals surface area (Å²) in [7, 11) is 0. The molecule has 5 rings (SSSR count). The molecule has 3 nitrogen and oxygen atoms in total. The van der Waals surface area contributed by atoms with E-state index in [-0.39, 0.29) is 22.8 Å². The minimum atomic E-state index is -4.47. The number of rotatable bonds is 5. The van der Waals surface area contributed by atoms with Crippen LogP contribution in [-0.2, 0) is 6.18 Å². The number of fused-ring (bicyclic) bond motifs is 1. The van der Waals surface area contributed by atoms with Gasteiger partial charge in [-0.25, -0.2) is 9.18 Å². The summed E-state index contributed by atoms with van der Waals surface area (Å²) in [5.74, 6) is -1.44. The standard InChI is InChI=1S/C32H29F4NO2/c1-31(2)15-4-16-37(19-31)29(21-9-13-24(33)14-10-21)28-17-22-5-3-6-25(30(38)39)27(22)18-26(28)20-7-11-23(12-8-20)32(34,35)36/h3,5-14,17-18,29H,4,15-16,19H2,1-2H3,(H,38,39). The molecule has 0 saturated carbocycles. The van der Waals surface area contributed by atoms with Gasteiger partial charge in [-0.3, -0.25) is 4.90 Å². The van der Waals surface area contributed by atoms with E-state index in [0.717, 1.165) is 49.2 Å². The monoisotopic (exact) mass is 535 g/mol. The lowest BCUT2D eigenvalue weighted by Gasteiger charge is -2.43. The maximum absolute atomic E-state index is 14.0. The second-order valence-corrected chi connectivity index (χ2v) is 11.0. The summed E-state index contributed by atoms with van der Waals surface area (Å²) in [6.07, 6.45) is -2.45. The lowest BCUT2D eigenvalue weighted by molar-refractivity contribution is -0.137. The second-order valence-electron chi connectivity index (χ2n) is 11.0. The molecule has 39 heavy (non-hydrogen) atoms. The van der Waals surface area contributed by atoms with Crippen molar-refractivity contribution in [3.63, 3.8) is 0 Å². The van der Waals surface area contributed by atoms with Crippen molar-refractivity contribution in [2.45, 2.75) is 38.9 Å². The number of carboxylic acid groups (broad SMARTS) is 1. The van der Waals surface area contributed by atoms with Crippen molar-refractivity contribution in [1.29, 1.82) is 0 Å². The number of carbonyl (C=O) groups is 1. The molecular weight excluding hydrogens is 506 g/mol. The Bertz CT molecular complexity index is 1510. The van der Waals surface area contributed by atoms with Crippen molar-refractivity contribution in [1.82, 2.24) is 4.90 Å². The molecule has 1 atom stereocenters. The van der Waals surface area contributed by atoms with Gasteiger partial charge in [0, 0.05) is 6.54 Å². The zero-order chi connectivity index (χ0) is 27.9. The summed E-state index contributed by atoms with van der Waals surface area (Å²) >= 11 is 0. The van der Waals surface area contributed by atoms with Gasteiger partial charge in [0.05, 0.1) is 17.2 Å². The average Bonchev–Trinajstić information content (AvgIpc) is 2.88. The van der Waals surface area contributed by atoms with E-state index >= 15 is 0 Å². The molecule has 0 bridgehead atoms. The Labute approximate surface area is 224 Å². The average molecular weight is 536 g/mol. The molecule has 0 aliphatic carbocycles. The van der Waals surface area contributed by atoms with Crippen LogP contribution in [0, 0.1) is 11.2 Å². The molecule has 4 aromatic carbocycles. The second kappa shape index (κ2) is 10.1. The van der Waals surface area contributed by atoms with Crippen LogP contribution in [0.15, 0.2) is 78.9 Å². The van der Waals surface area contributed by atoms with Crippen molar-refractivity contribution >= 4 is 16.7 Å². The zero-order valence-electron chi connectivity index (χ0n) is 21.7. The Hall–Kier alpha value is -3.71. The van der Waals surface area contributed by atoms with Gasteiger partial charge < -0.3 is 5.11 Å². The number of aromatic carboxylic acids is 1. The molecule has 0 spiro atoms. The highest BCUT2D eigenvalue weighted by Gasteiger charge is 2.34. The quantitative estimate of drug-likeness (QED) is 0.260. The highest BCUT2D eigenvalue weighted by Crippen LogP contribution is 2.43. The number of halogens is 4. The van der Waals surface area contributed by atoms with Crippen molar-refractivity contribution in [3.8, 4) is 11.1 Å². The summed E-state index contributed by atoms with van der Waals surface area (Å²) in [5, 5.41) is 11.1. The van der Waals surface area contributed by atoms with Crippen LogP contribution in [0.1, 0.15) is 59.8 Å². The molecule has 7 heteroatoms. The Balaban J connectivity index is 1.78. The summed E-state index contributed by atoms with van der Waals surface area (Å²) < 4.78 is 54.0. The van der Waals surface area contributed by atoms with Crippen LogP contribution in [0.2, 0.25) is 0 Å². The molecule has 1 N–H and O–H groups in total. The summed E-state index contributed by atoms with van der Waals surface area (Å²) in [5.41, 5.74) is 2.27. The number of nitrogens with zero attached hydrogens (tertiary/aromatic N) is 1. The van der Waals surface area contributed by atoms with Gasteiger partial charge in [-0.1, -0.05) is 50.2 Å². The van der Waals surface area contributed by atoms with E-state index in [2.05, 4.69) is 18.7 Å². The Morgan fingerprint density at radius 1 is 0.974 bits per heavy atom. The number of alkyl halides is 3. The molecule has 1 heterocycles. The topological polar surface area (TPSA) is 40.5 Å². The van der Waals surface area contributed by atoms with Crippen LogP contribution >= 0.6 is 0 Å². The Morgan fingerprint density at radius 3 is 2.28 bits per heavy atom. The number of hydrogen-bond donors (Lipinski definition) is 1. The zero-order valence-corrected chi connectivity index (χ0v) is 21.7. The van der Waals surface area contributed by atoms with Crippen molar-refractivity contribution in [3.05, 3.63) is 107 Å². The van der Waals surface area contributed by atoms with E-state index in [1.807, 2.05) is 12.1 Å². The lowest BCUT2D eigenvalue weighted by Crippen LogP contribution is -2.42. The molecule has 0 radical (unpaired) electrons. The normalized spacial score (nSPS) is 16.8. The first-order valence-corrected chi connectivity index (χ1v) is 12.9. The van der Waals surface area contributed by atoms with Crippen molar-refractivity contribution in [2.24, 2.45) is 5.41 Å². The van der Waals surface area contributed by atoms with Gasteiger partial charge in [-0.05, 0) is 100 Å². The van der Waals surface area contributed by atoms with Crippen molar-refractivity contribution < 1.29 is 27.5 Å². The Morgan fingerprint density at radius 2 is 1.67 bits per heavy atom. The maximum Gasteiger partial charge on any atom is 0.416 e. The van der Waals surface area contributed by atoms with Crippen LogP contribution in [0.3, 0.4) is 0 Å². The first-order valence-electron chi connectivity index (χ1n) is 12.9. The fraction of sp³-hybridized carbons (Fsp3) is 0.281. The third-order valence-corrected chi connectivity index (χ3v) is 7.58. The molecule has 1 saturated heterocycles. The van der Waals surface area contributed by atoms with Gasteiger partial charge in [0.15, 0.2) is 0 Å². The minimum Gasteiger partial charge on any atom is -0.478 e. The number of benzene rings is 4. The highest BCUT2D eigenvalue weighted by atomic mass is 19.4. The molecule has 202 valence electrons. The summed E-state index contributed by atoms with van der Waals surface area (Å²) in [6.45, 7) is 5.98. The fourth-order valence-corrected chi connectivity index (χ4v) is 5.77. The largest absolute Gasteiger partial charge is 0.478 e. The van der Waals surface area contributed by atoms with Crippen LogP contribution in [0.4, 0.5) is 17.6 Å². The smallest absolute Gasteiger partial charge is 0.416 e. The number of likely N-dealkylation sites (tertiary alicyclic amines) is 1. The third-order valence-electron chi connectivity index (χ3n) is 7.58. The van der Waals surface area contributed by atoms with E-state index in [0.29, 0.717) is 21.9 Å². The van der Waals surface area contributed by atoms with Crippen LogP contribution < -0.4 is 0 Å². The van der Waals surface area contributed by atoms with E-state index in [9.17, 15) is 27.5 Å². The maximum atomic E-state index is 14.0.